The fourth-order valence-electron chi connectivity index (χ4n) is 2.97. The normalized spacial score (nSPS) is 19.5. The Labute approximate surface area is 145 Å². The molecule has 1 aliphatic carbocycles. The first kappa shape index (κ1) is 15.0. The molecule has 1 aromatic heterocycles. The van der Waals surface area contributed by atoms with E-state index in [1.54, 1.807) is 18.0 Å². The summed E-state index contributed by atoms with van der Waals surface area (Å²) in [6, 6.07) is 12.1. The molecule has 0 bridgehead atoms. The maximum absolute atomic E-state index is 12.6. The van der Waals surface area contributed by atoms with Crippen LogP contribution in [0.1, 0.15) is 23.0 Å². The van der Waals surface area contributed by atoms with Gasteiger partial charge in [0.2, 0.25) is 5.78 Å². The van der Waals surface area contributed by atoms with E-state index in [1.165, 1.54) is 10.6 Å². The number of Topliss-reactive ketones (excluding diaryl/α,β-unsaturated/α-hetero) is 1. The van der Waals surface area contributed by atoms with Crippen LogP contribution in [-0.2, 0) is 0 Å². The third kappa shape index (κ3) is 2.39. The Hall–Kier alpha value is -2.59. The van der Waals surface area contributed by atoms with Crippen molar-refractivity contribution in [1.82, 2.24) is 4.98 Å². The number of pyridine rings is 1. The van der Waals surface area contributed by atoms with Gasteiger partial charge in [-0.05, 0) is 48.9 Å². The Morgan fingerprint density at radius 2 is 1.96 bits per heavy atom. The molecule has 2 heterocycles. The number of hydrogen-bond acceptors (Lipinski definition) is 4. The average Bonchev–Trinajstić information content (AvgIpc) is 2.93. The van der Waals surface area contributed by atoms with Crippen molar-refractivity contribution < 1.29 is 4.79 Å². The number of allylic oxidation sites excluding steroid dienone is 5. The molecule has 0 saturated heterocycles. The molecule has 0 radical (unpaired) electrons. The van der Waals surface area contributed by atoms with E-state index in [2.05, 4.69) is 22.0 Å². The molecule has 24 heavy (non-hydrogen) atoms. The summed E-state index contributed by atoms with van der Waals surface area (Å²) in [6.07, 6.45) is 7.52. The van der Waals surface area contributed by atoms with Gasteiger partial charge in [0.15, 0.2) is 0 Å². The van der Waals surface area contributed by atoms with Crippen molar-refractivity contribution in [2.45, 2.75) is 11.8 Å². The smallest absolute Gasteiger partial charge is 0.211 e. The molecule has 4 heteroatoms. The summed E-state index contributed by atoms with van der Waals surface area (Å²) >= 11 is 1.72. The number of carbonyl (C=O) groups is 1. The number of para-hydroxylation sites is 1. The second-order valence-corrected chi connectivity index (χ2v) is 6.87. The van der Waals surface area contributed by atoms with E-state index in [4.69, 9.17) is 0 Å². The van der Waals surface area contributed by atoms with Gasteiger partial charge in [0.25, 0.3) is 0 Å². The predicted molar refractivity (Wildman–Crippen MR) is 99.1 cm³/mol. The number of fused-ring (bicyclic) bond motifs is 2. The van der Waals surface area contributed by atoms with Gasteiger partial charge >= 0.3 is 0 Å². The van der Waals surface area contributed by atoms with Crippen molar-refractivity contribution in [2.75, 3.05) is 11.9 Å². The molecule has 0 amide bonds. The summed E-state index contributed by atoms with van der Waals surface area (Å²) in [6.45, 7) is 2.01. The summed E-state index contributed by atoms with van der Waals surface area (Å²) in [7, 11) is 2.05. The second-order valence-electron chi connectivity index (χ2n) is 5.81. The first-order valence-corrected chi connectivity index (χ1v) is 8.58. The van der Waals surface area contributed by atoms with Crippen molar-refractivity contribution in [3.63, 3.8) is 0 Å². The third-order valence-corrected chi connectivity index (χ3v) is 5.44. The number of nitrogens with zero attached hydrogens (tertiary/aromatic N) is 2. The summed E-state index contributed by atoms with van der Waals surface area (Å²) in [5.74, 6) is -0.0174. The van der Waals surface area contributed by atoms with Gasteiger partial charge < -0.3 is 4.90 Å². The molecule has 2 aromatic rings. The monoisotopic (exact) mass is 332 g/mol. The van der Waals surface area contributed by atoms with E-state index >= 15 is 0 Å². The van der Waals surface area contributed by atoms with E-state index in [-0.39, 0.29) is 5.78 Å². The first-order chi connectivity index (χ1) is 11.6. The van der Waals surface area contributed by atoms with Crippen LogP contribution in [0.2, 0.25) is 0 Å². The van der Waals surface area contributed by atoms with E-state index in [1.807, 2.05) is 56.5 Å². The van der Waals surface area contributed by atoms with Crippen molar-refractivity contribution >= 4 is 28.8 Å². The molecule has 2 aliphatic rings. The van der Waals surface area contributed by atoms with Gasteiger partial charge in [0.1, 0.15) is 5.69 Å². The number of anilines is 1. The number of carbonyl (C=O) groups excluding carboxylic acids is 1. The Bertz CT molecular complexity index is 940. The Kier molecular flexibility index (Phi) is 3.62. The molecule has 118 valence electrons. The highest BCUT2D eigenvalue weighted by molar-refractivity contribution is 8.03. The van der Waals surface area contributed by atoms with Gasteiger partial charge in [0.05, 0.1) is 10.7 Å². The highest BCUT2D eigenvalue weighted by atomic mass is 32.2. The topological polar surface area (TPSA) is 33.2 Å². The zero-order valence-electron chi connectivity index (χ0n) is 13.5. The van der Waals surface area contributed by atoms with E-state index in [0.717, 1.165) is 16.2 Å². The molecule has 0 saturated carbocycles. The zero-order valence-corrected chi connectivity index (χ0v) is 14.3. The third-order valence-electron chi connectivity index (χ3n) is 4.26. The fraction of sp³-hybridized carbons (Fsp3) is 0.100. The SMILES string of the molecule is CC1=C/C(=C\C=C2/Sc3ccccc3N2C)C(=O)c2ncccc21. The highest BCUT2D eigenvalue weighted by Crippen LogP contribution is 2.44. The van der Waals surface area contributed by atoms with Crippen molar-refractivity contribution in [3.8, 4) is 0 Å². The number of hydrogen-bond donors (Lipinski definition) is 0. The average molecular weight is 332 g/mol. The molecule has 4 rings (SSSR count). The molecule has 0 N–H and O–H groups in total. The van der Waals surface area contributed by atoms with Crippen LogP contribution in [0.5, 0.6) is 0 Å². The van der Waals surface area contributed by atoms with Gasteiger partial charge in [-0.3, -0.25) is 9.78 Å². The summed E-state index contributed by atoms with van der Waals surface area (Å²) in [5.41, 5.74) is 4.40. The van der Waals surface area contributed by atoms with E-state index < -0.39 is 0 Å². The lowest BCUT2D eigenvalue weighted by molar-refractivity contribution is 0.103. The van der Waals surface area contributed by atoms with Gasteiger partial charge in [-0.1, -0.05) is 30.0 Å². The summed E-state index contributed by atoms with van der Waals surface area (Å²) in [5, 5.41) is 1.11. The molecule has 0 fully saturated rings. The minimum absolute atomic E-state index is 0.0174. The first-order valence-electron chi connectivity index (χ1n) is 7.76. The maximum Gasteiger partial charge on any atom is 0.211 e. The fourth-order valence-corrected chi connectivity index (χ4v) is 4.02. The minimum Gasteiger partial charge on any atom is -0.338 e. The van der Waals surface area contributed by atoms with Gasteiger partial charge in [-0.25, -0.2) is 0 Å². The van der Waals surface area contributed by atoms with Gasteiger partial charge in [-0.2, -0.15) is 0 Å². The Balaban J connectivity index is 1.69. The number of rotatable bonds is 1. The quantitative estimate of drug-likeness (QED) is 0.709. The highest BCUT2D eigenvalue weighted by Gasteiger charge is 2.23. The van der Waals surface area contributed by atoms with Crippen molar-refractivity contribution in [2.24, 2.45) is 0 Å². The van der Waals surface area contributed by atoms with Crippen LogP contribution >= 0.6 is 11.8 Å². The van der Waals surface area contributed by atoms with Crippen molar-refractivity contribution in [3.05, 3.63) is 82.7 Å². The van der Waals surface area contributed by atoms with Gasteiger partial charge in [-0.15, -0.1) is 0 Å². The number of benzene rings is 1. The lowest BCUT2D eigenvalue weighted by atomic mass is 9.91. The minimum atomic E-state index is -0.0174. The van der Waals surface area contributed by atoms with Crippen LogP contribution in [0.25, 0.3) is 5.57 Å². The zero-order chi connectivity index (χ0) is 16.7. The second kappa shape index (κ2) is 5.80. The molecule has 0 atom stereocenters. The van der Waals surface area contributed by atoms with Gasteiger partial charge in [0, 0.05) is 29.3 Å². The lowest BCUT2D eigenvalue weighted by Gasteiger charge is -2.15. The molecule has 1 aliphatic heterocycles. The number of ketones is 1. The molecule has 0 spiro atoms. The van der Waals surface area contributed by atoms with E-state index in [0.29, 0.717) is 11.3 Å². The van der Waals surface area contributed by atoms with Crippen LogP contribution in [0.4, 0.5) is 5.69 Å². The Morgan fingerprint density at radius 3 is 2.79 bits per heavy atom. The standard InChI is InChI=1S/C20H16N2OS/c1-13-12-14(20(23)19-15(13)6-5-11-21-19)9-10-18-22(2)16-7-3-4-8-17(16)24-18/h3-12H,1-2H3/b14-9+,18-10-. The maximum atomic E-state index is 12.6. The Morgan fingerprint density at radius 1 is 1.12 bits per heavy atom. The molecule has 0 unspecified atom stereocenters. The largest absolute Gasteiger partial charge is 0.338 e. The number of aromatic nitrogens is 1. The van der Waals surface area contributed by atoms with Crippen molar-refractivity contribution in [1.29, 1.82) is 0 Å². The molecule has 1 aromatic carbocycles. The van der Waals surface area contributed by atoms with Crippen LogP contribution in [0, 0.1) is 0 Å². The number of thioether (sulfide) groups is 1. The molecule has 3 nitrogen and oxygen atoms in total. The molecular formula is C20H16N2OS. The van der Waals surface area contributed by atoms with E-state index in [9.17, 15) is 4.79 Å². The van der Waals surface area contributed by atoms with Crippen LogP contribution in [0.15, 0.2) is 76.3 Å². The summed E-state index contributed by atoms with van der Waals surface area (Å²) in [4.78, 5) is 20.3. The lowest BCUT2D eigenvalue weighted by Crippen LogP contribution is -2.12. The van der Waals surface area contributed by atoms with Crippen LogP contribution < -0.4 is 4.90 Å². The predicted octanol–water partition coefficient (Wildman–Crippen LogP) is 4.69. The molecular weight excluding hydrogens is 316 g/mol. The van der Waals surface area contributed by atoms with Crippen LogP contribution in [0.3, 0.4) is 0 Å². The summed E-state index contributed by atoms with van der Waals surface area (Å²) < 4.78 is 0. The van der Waals surface area contributed by atoms with Crippen LogP contribution in [-0.4, -0.2) is 17.8 Å².